The van der Waals surface area contributed by atoms with Crippen molar-refractivity contribution in [2.24, 2.45) is 11.7 Å². The van der Waals surface area contributed by atoms with E-state index in [1.807, 2.05) is 30.3 Å². The minimum absolute atomic E-state index is 0.321. The first-order chi connectivity index (χ1) is 8.54. The molecule has 0 radical (unpaired) electrons. The molecule has 0 saturated heterocycles. The van der Waals surface area contributed by atoms with Crippen LogP contribution in [-0.2, 0) is 11.2 Å². The van der Waals surface area contributed by atoms with Crippen LogP contribution >= 0.6 is 0 Å². The van der Waals surface area contributed by atoms with Gasteiger partial charge >= 0.3 is 6.18 Å². The molecule has 0 fully saturated rings. The van der Waals surface area contributed by atoms with E-state index in [4.69, 9.17) is 10.5 Å². The number of benzene rings is 1. The van der Waals surface area contributed by atoms with E-state index in [0.29, 0.717) is 13.0 Å². The second-order valence-electron chi connectivity index (χ2n) is 4.14. The molecule has 0 aliphatic carbocycles. The van der Waals surface area contributed by atoms with Crippen LogP contribution in [0, 0.1) is 5.92 Å². The summed E-state index contributed by atoms with van der Waals surface area (Å²) in [5, 5.41) is 0. The lowest BCUT2D eigenvalue weighted by Crippen LogP contribution is -2.34. The maximum atomic E-state index is 12.3. The first-order valence-electron chi connectivity index (χ1n) is 5.92. The van der Waals surface area contributed by atoms with Crippen LogP contribution in [0.25, 0.3) is 0 Å². The summed E-state index contributed by atoms with van der Waals surface area (Å²) in [5.41, 5.74) is 6.22. The van der Waals surface area contributed by atoms with E-state index in [9.17, 15) is 13.2 Å². The van der Waals surface area contributed by atoms with Crippen LogP contribution in [0.3, 0.4) is 0 Å². The molecule has 0 bridgehead atoms. The summed E-state index contributed by atoms with van der Waals surface area (Å²) in [6, 6.07) is 9.76. The Labute approximate surface area is 105 Å². The number of hydrogen-bond donors (Lipinski definition) is 1. The van der Waals surface area contributed by atoms with Gasteiger partial charge in [-0.25, -0.2) is 0 Å². The van der Waals surface area contributed by atoms with Crippen LogP contribution in [0.1, 0.15) is 12.0 Å². The molecule has 0 saturated carbocycles. The second-order valence-corrected chi connectivity index (χ2v) is 4.14. The first-order valence-corrected chi connectivity index (χ1v) is 5.92. The molecule has 1 unspecified atom stereocenters. The average molecular weight is 261 g/mol. The van der Waals surface area contributed by atoms with Gasteiger partial charge in [-0.15, -0.1) is 0 Å². The van der Waals surface area contributed by atoms with Crippen LogP contribution in [0.4, 0.5) is 13.2 Å². The summed E-state index contributed by atoms with van der Waals surface area (Å²) in [4.78, 5) is 0. The molecule has 2 nitrogen and oxygen atoms in total. The number of ether oxygens (including phenoxy) is 1. The van der Waals surface area contributed by atoms with Crippen molar-refractivity contribution in [1.82, 2.24) is 0 Å². The molecule has 2 N–H and O–H groups in total. The summed E-state index contributed by atoms with van der Waals surface area (Å²) in [6.07, 6.45) is -2.76. The summed E-state index contributed by atoms with van der Waals surface area (Å²) in [6.45, 7) is -0.460. The maximum absolute atomic E-state index is 12.3. The van der Waals surface area contributed by atoms with E-state index in [0.717, 1.165) is 12.0 Å². The summed E-state index contributed by atoms with van der Waals surface area (Å²) in [5.74, 6) is -1.56. The van der Waals surface area contributed by atoms with Gasteiger partial charge in [0, 0.05) is 13.2 Å². The minimum atomic E-state index is -4.27. The van der Waals surface area contributed by atoms with E-state index in [2.05, 4.69) is 0 Å². The lowest BCUT2D eigenvalue weighted by atomic mass is 10.1. The highest BCUT2D eigenvalue weighted by Crippen LogP contribution is 2.25. The molecule has 1 aromatic rings. The van der Waals surface area contributed by atoms with Gasteiger partial charge in [0.25, 0.3) is 0 Å². The van der Waals surface area contributed by atoms with Gasteiger partial charge in [-0.3, -0.25) is 0 Å². The Morgan fingerprint density at radius 2 is 1.83 bits per heavy atom. The van der Waals surface area contributed by atoms with Crippen LogP contribution < -0.4 is 5.73 Å². The highest BCUT2D eigenvalue weighted by Gasteiger charge is 2.38. The molecule has 1 aromatic carbocycles. The largest absolute Gasteiger partial charge is 0.395 e. The molecule has 0 spiro atoms. The number of rotatable bonds is 7. The summed E-state index contributed by atoms with van der Waals surface area (Å²) < 4.78 is 42.0. The van der Waals surface area contributed by atoms with Crippen molar-refractivity contribution in [3.05, 3.63) is 35.9 Å². The molecule has 0 aliphatic heterocycles. The molecule has 18 heavy (non-hydrogen) atoms. The molecule has 102 valence electrons. The quantitative estimate of drug-likeness (QED) is 0.766. The van der Waals surface area contributed by atoms with E-state index in [1.165, 1.54) is 0 Å². The van der Waals surface area contributed by atoms with Gasteiger partial charge in [-0.05, 0) is 18.4 Å². The van der Waals surface area contributed by atoms with Gasteiger partial charge in [-0.2, -0.15) is 13.2 Å². The zero-order valence-electron chi connectivity index (χ0n) is 10.1. The third-order valence-electron chi connectivity index (χ3n) is 2.66. The zero-order valence-corrected chi connectivity index (χ0v) is 10.1. The molecule has 0 amide bonds. The van der Waals surface area contributed by atoms with Gasteiger partial charge < -0.3 is 10.5 Å². The topological polar surface area (TPSA) is 35.2 Å². The lowest BCUT2D eigenvalue weighted by Gasteiger charge is -2.18. The minimum Gasteiger partial charge on any atom is -0.381 e. The van der Waals surface area contributed by atoms with Gasteiger partial charge in [0.15, 0.2) is 0 Å². The maximum Gasteiger partial charge on any atom is 0.395 e. The molecule has 0 aliphatic rings. The van der Waals surface area contributed by atoms with Crippen LogP contribution in [-0.4, -0.2) is 25.9 Å². The van der Waals surface area contributed by atoms with Crippen molar-refractivity contribution in [1.29, 1.82) is 0 Å². The van der Waals surface area contributed by atoms with Crippen molar-refractivity contribution in [3.8, 4) is 0 Å². The number of hydrogen-bond acceptors (Lipinski definition) is 2. The number of alkyl halides is 3. The monoisotopic (exact) mass is 261 g/mol. The van der Waals surface area contributed by atoms with Gasteiger partial charge in [0.05, 0.1) is 12.5 Å². The molecule has 0 heterocycles. The van der Waals surface area contributed by atoms with Crippen molar-refractivity contribution < 1.29 is 17.9 Å². The second kappa shape index (κ2) is 7.38. The van der Waals surface area contributed by atoms with Crippen LogP contribution in [0.15, 0.2) is 30.3 Å². The Kier molecular flexibility index (Phi) is 6.15. The van der Waals surface area contributed by atoms with Crippen LogP contribution in [0.2, 0.25) is 0 Å². The smallest absolute Gasteiger partial charge is 0.381 e. The van der Waals surface area contributed by atoms with E-state index < -0.39 is 18.6 Å². The third-order valence-corrected chi connectivity index (χ3v) is 2.66. The zero-order chi connectivity index (χ0) is 13.4. The van der Waals surface area contributed by atoms with Crippen LogP contribution in [0.5, 0.6) is 0 Å². The SMILES string of the molecule is NCC(COCCCc1ccccc1)C(F)(F)F. The molecule has 5 heteroatoms. The lowest BCUT2D eigenvalue weighted by molar-refractivity contribution is -0.185. The van der Waals surface area contributed by atoms with Crippen molar-refractivity contribution >= 4 is 0 Å². The molecule has 0 aromatic heterocycles. The normalized spacial score (nSPS) is 13.6. The van der Waals surface area contributed by atoms with Crippen molar-refractivity contribution in [3.63, 3.8) is 0 Å². The van der Waals surface area contributed by atoms with Gasteiger partial charge in [0.1, 0.15) is 0 Å². The highest BCUT2D eigenvalue weighted by molar-refractivity contribution is 5.14. The fourth-order valence-corrected chi connectivity index (χ4v) is 1.54. The highest BCUT2D eigenvalue weighted by atomic mass is 19.4. The molecule has 1 atom stereocenters. The Morgan fingerprint density at radius 3 is 2.39 bits per heavy atom. The summed E-state index contributed by atoms with van der Waals surface area (Å²) in [7, 11) is 0. The van der Waals surface area contributed by atoms with E-state index in [-0.39, 0.29) is 6.61 Å². The van der Waals surface area contributed by atoms with Crippen molar-refractivity contribution in [2.45, 2.75) is 19.0 Å². The predicted molar refractivity (Wildman–Crippen MR) is 64.2 cm³/mol. The van der Waals surface area contributed by atoms with E-state index in [1.54, 1.807) is 0 Å². The van der Waals surface area contributed by atoms with Gasteiger partial charge in [0.2, 0.25) is 0 Å². The standard InChI is InChI=1S/C13H18F3NO/c14-13(15,16)12(9-17)10-18-8-4-7-11-5-2-1-3-6-11/h1-3,5-6,12H,4,7-10,17H2. The Bertz CT molecular complexity index is 327. The Hall–Kier alpha value is -1.07. The third kappa shape index (κ3) is 5.51. The average Bonchev–Trinajstić information content (AvgIpc) is 2.33. The van der Waals surface area contributed by atoms with E-state index >= 15 is 0 Å². The Morgan fingerprint density at radius 1 is 1.17 bits per heavy atom. The number of aryl methyl sites for hydroxylation is 1. The number of halogens is 3. The predicted octanol–water partition coefficient (Wildman–Crippen LogP) is 2.77. The molecular formula is C13H18F3NO. The number of nitrogens with two attached hydrogens (primary N) is 1. The van der Waals surface area contributed by atoms with Gasteiger partial charge in [-0.1, -0.05) is 30.3 Å². The first kappa shape index (κ1) is 15.0. The fraction of sp³-hybridized carbons (Fsp3) is 0.538. The van der Waals surface area contributed by atoms with Crippen molar-refractivity contribution in [2.75, 3.05) is 19.8 Å². The molecule has 1 rings (SSSR count). The molecular weight excluding hydrogens is 243 g/mol. The Balaban J connectivity index is 2.15. The summed E-state index contributed by atoms with van der Waals surface area (Å²) >= 11 is 0. The fourth-order valence-electron chi connectivity index (χ4n) is 1.54.